The normalized spacial score (nSPS) is 22.5. The van der Waals surface area contributed by atoms with Gasteiger partial charge in [-0.25, -0.2) is 4.68 Å². The molecule has 0 saturated heterocycles. The van der Waals surface area contributed by atoms with E-state index in [0.717, 1.165) is 13.1 Å². The minimum atomic E-state index is 0.696. The van der Waals surface area contributed by atoms with Crippen LogP contribution < -0.4 is 5.32 Å². The third kappa shape index (κ3) is 1.00. The second kappa shape index (κ2) is 2.26. The molecule has 1 N–H and O–H groups in total. The van der Waals surface area contributed by atoms with Crippen molar-refractivity contribution in [3.63, 3.8) is 0 Å². The van der Waals surface area contributed by atoms with E-state index in [1.165, 1.54) is 11.4 Å². The highest BCUT2D eigenvalue weighted by Crippen LogP contribution is 2.19. The van der Waals surface area contributed by atoms with Crippen molar-refractivity contribution in [1.82, 2.24) is 9.78 Å². The van der Waals surface area contributed by atoms with Crippen LogP contribution in [0.25, 0.3) is 0 Å². The first kappa shape index (κ1) is 6.70. The van der Waals surface area contributed by atoms with Crippen LogP contribution in [0.1, 0.15) is 12.5 Å². The second-order valence-corrected chi connectivity index (χ2v) is 3.34. The average molecular weight is 151 g/mol. The topological polar surface area (TPSA) is 29.9 Å². The van der Waals surface area contributed by atoms with Gasteiger partial charge in [0.15, 0.2) is 0 Å². The third-order valence-electron chi connectivity index (χ3n) is 2.12. The van der Waals surface area contributed by atoms with Gasteiger partial charge < -0.3 is 5.32 Å². The lowest BCUT2D eigenvalue weighted by Crippen LogP contribution is -2.25. The van der Waals surface area contributed by atoms with Gasteiger partial charge >= 0.3 is 0 Å². The minimum absolute atomic E-state index is 0.696. The lowest BCUT2D eigenvalue weighted by atomic mass is 10.1. The van der Waals surface area contributed by atoms with Crippen LogP contribution in [0.4, 0.5) is 5.82 Å². The number of fused-ring (bicyclic) bond motifs is 1. The number of nitrogens with zero attached hydrogens (tertiary/aromatic N) is 2. The maximum absolute atomic E-state index is 4.26. The summed E-state index contributed by atoms with van der Waals surface area (Å²) in [5.74, 6) is 1.89. The van der Waals surface area contributed by atoms with Crippen molar-refractivity contribution in [2.75, 3.05) is 11.9 Å². The van der Waals surface area contributed by atoms with Crippen LogP contribution in [0.2, 0.25) is 0 Å². The maximum Gasteiger partial charge on any atom is 0.127 e. The Morgan fingerprint density at radius 1 is 1.73 bits per heavy atom. The number of anilines is 1. The fourth-order valence-electron chi connectivity index (χ4n) is 1.48. The molecule has 0 aromatic carbocycles. The highest BCUT2D eigenvalue weighted by molar-refractivity contribution is 5.44. The highest BCUT2D eigenvalue weighted by atomic mass is 15.3. The van der Waals surface area contributed by atoms with Crippen LogP contribution in [0.5, 0.6) is 0 Å². The van der Waals surface area contributed by atoms with E-state index in [9.17, 15) is 0 Å². The maximum atomic E-state index is 4.26. The molecule has 60 valence electrons. The molecule has 1 aromatic heterocycles. The molecular weight excluding hydrogens is 138 g/mol. The Labute approximate surface area is 66.4 Å². The van der Waals surface area contributed by atoms with Crippen LogP contribution in [0.3, 0.4) is 0 Å². The van der Waals surface area contributed by atoms with Crippen molar-refractivity contribution in [3.8, 4) is 0 Å². The summed E-state index contributed by atoms with van der Waals surface area (Å²) in [6, 6.07) is 0. The van der Waals surface area contributed by atoms with E-state index in [-0.39, 0.29) is 0 Å². The fraction of sp³-hybridized carbons (Fsp3) is 0.625. The Morgan fingerprint density at radius 2 is 2.55 bits per heavy atom. The van der Waals surface area contributed by atoms with Crippen molar-refractivity contribution < 1.29 is 0 Å². The zero-order valence-corrected chi connectivity index (χ0v) is 6.96. The zero-order valence-electron chi connectivity index (χ0n) is 6.96. The van der Waals surface area contributed by atoms with Gasteiger partial charge in [0.25, 0.3) is 0 Å². The van der Waals surface area contributed by atoms with E-state index in [0.29, 0.717) is 5.92 Å². The van der Waals surface area contributed by atoms with Gasteiger partial charge in [-0.1, -0.05) is 6.92 Å². The zero-order chi connectivity index (χ0) is 7.84. The Kier molecular flexibility index (Phi) is 1.37. The number of rotatable bonds is 0. The quantitative estimate of drug-likeness (QED) is 0.605. The summed E-state index contributed by atoms with van der Waals surface area (Å²) in [5, 5.41) is 7.62. The van der Waals surface area contributed by atoms with E-state index in [1.54, 1.807) is 0 Å². The molecule has 11 heavy (non-hydrogen) atoms. The molecule has 2 heterocycles. The van der Waals surface area contributed by atoms with Crippen LogP contribution in [-0.4, -0.2) is 16.3 Å². The van der Waals surface area contributed by atoms with Gasteiger partial charge in [0.1, 0.15) is 5.82 Å². The molecule has 0 fully saturated rings. The van der Waals surface area contributed by atoms with E-state index in [2.05, 4.69) is 24.3 Å². The lowest BCUT2D eigenvalue weighted by molar-refractivity contribution is 0.445. The van der Waals surface area contributed by atoms with E-state index >= 15 is 0 Å². The van der Waals surface area contributed by atoms with E-state index < -0.39 is 0 Å². The van der Waals surface area contributed by atoms with Crippen molar-refractivity contribution in [2.24, 2.45) is 5.92 Å². The average Bonchev–Trinajstić information content (AvgIpc) is 2.32. The number of nitrogens with one attached hydrogen (secondary N) is 1. The smallest absolute Gasteiger partial charge is 0.127 e. The SMILES string of the molecule is Cc1cnn2c1NCC(C)C2. The standard InChI is InChI=1S/C8H13N3/c1-6-3-9-8-7(2)4-10-11(8)5-6/h4,6,9H,3,5H2,1-2H3. The third-order valence-corrected chi connectivity index (χ3v) is 2.12. The second-order valence-electron chi connectivity index (χ2n) is 3.34. The van der Waals surface area contributed by atoms with Crippen LogP contribution >= 0.6 is 0 Å². The van der Waals surface area contributed by atoms with Crippen molar-refractivity contribution >= 4 is 5.82 Å². The largest absolute Gasteiger partial charge is 0.370 e. The summed E-state index contributed by atoms with van der Waals surface area (Å²) in [4.78, 5) is 0. The van der Waals surface area contributed by atoms with Crippen molar-refractivity contribution in [2.45, 2.75) is 20.4 Å². The molecule has 1 atom stereocenters. The van der Waals surface area contributed by atoms with Gasteiger partial charge in [0.05, 0.1) is 6.20 Å². The molecule has 0 radical (unpaired) electrons. The molecule has 1 unspecified atom stereocenters. The van der Waals surface area contributed by atoms with Gasteiger partial charge in [-0.3, -0.25) is 0 Å². The number of hydrogen-bond donors (Lipinski definition) is 1. The Morgan fingerprint density at radius 3 is 3.36 bits per heavy atom. The number of hydrogen-bond acceptors (Lipinski definition) is 2. The van der Waals surface area contributed by atoms with Gasteiger partial charge in [-0.05, 0) is 12.8 Å². The molecule has 0 saturated carbocycles. The van der Waals surface area contributed by atoms with Gasteiger partial charge in [0, 0.05) is 18.7 Å². The van der Waals surface area contributed by atoms with E-state index in [1.807, 2.05) is 10.9 Å². The molecule has 1 aromatic rings. The highest BCUT2D eigenvalue weighted by Gasteiger charge is 2.15. The van der Waals surface area contributed by atoms with Crippen LogP contribution in [0.15, 0.2) is 6.20 Å². The lowest BCUT2D eigenvalue weighted by Gasteiger charge is -2.22. The Bertz CT molecular complexity index is 264. The first-order valence-electron chi connectivity index (χ1n) is 4.03. The first-order valence-corrected chi connectivity index (χ1v) is 4.03. The summed E-state index contributed by atoms with van der Waals surface area (Å²) in [7, 11) is 0. The summed E-state index contributed by atoms with van der Waals surface area (Å²) in [5.41, 5.74) is 1.25. The molecule has 0 spiro atoms. The van der Waals surface area contributed by atoms with Gasteiger partial charge in [-0.2, -0.15) is 5.10 Å². The molecule has 1 aliphatic heterocycles. The predicted octanol–water partition coefficient (Wildman–Crippen LogP) is 1.25. The molecule has 0 aliphatic carbocycles. The van der Waals surface area contributed by atoms with E-state index in [4.69, 9.17) is 0 Å². The molecule has 0 bridgehead atoms. The molecule has 1 aliphatic rings. The summed E-state index contributed by atoms with van der Waals surface area (Å²) >= 11 is 0. The monoisotopic (exact) mass is 151 g/mol. The molecular formula is C8H13N3. The van der Waals surface area contributed by atoms with Gasteiger partial charge in [-0.15, -0.1) is 0 Å². The van der Waals surface area contributed by atoms with Crippen LogP contribution in [0, 0.1) is 12.8 Å². The minimum Gasteiger partial charge on any atom is -0.370 e. The summed E-state index contributed by atoms with van der Waals surface area (Å²) < 4.78 is 2.05. The van der Waals surface area contributed by atoms with Gasteiger partial charge in [0.2, 0.25) is 0 Å². The molecule has 3 heteroatoms. The number of aromatic nitrogens is 2. The molecule has 3 nitrogen and oxygen atoms in total. The summed E-state index contributed by atoms with van der Waals surface area (Å²) in [6.07, 6.45) is 1.92. The number of aryl methyl sites for hydroxylation is 1. The van der Waals surface area contributed by atoms with Crippen molar-refractivity contribution in [3.05, 3.63) is 11.8 Å². The molecule has 0 amide bonds. The fourth-order valence-corrected chi connectivity index (χ4v) is 1.48. The van der Waals surface area contributed by atoms with Crippen molar-refractivity contribution in [1.29, 1.82) is 0 Å². The first-order chi connectivity index (χ1) is 5.27. The van der Waals surface area contributed by atoms with Crippen LogP contribution in [-0.2, 0) is 6.54 Å². The predicted molar refractivity (Wildman–Crippen MR) is 44.6 cm³/mol. The Hall–Kier alpha value is -0.990. The Balaban J connectivity index is 2.36. The summed E-state index contributed by atoms with van der Waals surface area (Å²) in [6.45, 7) is 6.44. The molecule has 2 rings (SSSR count).